The average molecular weight is 425 g/mol. The first-order chi connectivity index (χ1) is 15.0. The third kappa shape index (κ3) is 6.54. The number of rotatable bonds is 6. The summed E-state index contributed by atoms with van der Waals surface area (Å²) in [6, 6.07) is 8.23. The second-order valence-corrected chi connectivity index (χ2v) is 6.61. The van der Waals surface area contributed by atoms with E-state index in [1.54, 1.807) is 12.4 Å². The third-order valence-corrected chi connectivity index (χ3v) is 4.47. The van der Waals surface area contributed by atoms with E-state index in [0.29, 0.717) is 24.6 Å². The summed E-state index contributed by atoms with van der Waals surface area (Å²) in [6.45, 7) is 4.32. The lowest BCUT2D eigenvalue weighted by Crippen LogP contribution is -2.43. The largest absolute Gasteiger partial charge is 0.478 e. The number of benzene rings is 1. The highest BCUT2D eigenvalue weighted by molar-refractivity contribution is 5.89. The molecule has 0 radical (unpaired) electrons. The Balaban J connectivity index is 0.000000293. The molecule has 4 N–H and O–H groups in total. The lowest BCUT2D eigenvalue weighted by Gasteiger charge is -2.28. The fourth-order valence-corrected chi connectivity index (χ4v) is 3.02. The highest BCUT2D eigenvalue weighted by Gasteiger charge is 2.13. The normalized spacial score (nSPS) is 13.6. The first-order valence-corrected chi connectivity index (χ1v) is 9.62. The molecule has 1 aliphatic heterocycles. The number of nitrogens with zero attached hydrogens (tertiary/aromatic N) is 3. The van der Waals surface area contributed by atoms with Crippen molar-refractivity contribution in [3.63, 3.8) is 0 Å². The molecule has 0 saturated carbocycles. The molecule has 0 bridgehead atoms. The first-order valence-electron chi connectivity index (χ1n) is 9.62. The Morgan fingerprint density at radius 2 is 1.84 bits per heavy atom. The number of carboxylic acids is 2. The maximum Gasteiger partial charge on any atom is 0.328 e. The molecule has 31 heavy (non-hydrogen) atoms. The number of nitrogens with one attached hydrogen (secondary N) is 2. The molecule has 0 amide bonds. The van der Waals surface area contributed by atoms with Gasteiger partial charge in [0.15, 0.2) is 5.82 Å². The molecule has 10 nitrogen and oxygen atoms in total. The van der Waals surface area contributed by atoms with Crippen LogP contribution in [0.15, 0.2) is 55.0 Å². The predicted octanol–water partition coefficient (Wildman–Crippen LogP) is 1.66. The van der Waals surface area contributed by atoms with Gasteiger partial charge in [-0.05, 0) is 17.7 Å². The zero-order valence-electron chi connectivity index (χ0n) is 16.7. The Bertz CT molecular complexity index is 1040. The molecule has 1 saturated heterocycles. The summed E-state index contributed by atoms with van der Waals surface area (Å²) in [7, 11) is 0. The van der Waals surface area contributed by atoms with Crippen LogP contribution in [0.1, 0.15) is 5.56 Å². The minimum atomic E-state index is -1.26. The number of aromatic nitrogens is 3. The van der Waals surface area contributed by atoms with Gasteiger partial charge in [0, 0.05) is 55.4 Å². The molecule has 0 aliphatic carbocycles. The quantitative estimate of drug-likeness (QED) is 0.434. The molecular weight excluding hydrogens is 402 g/mol. The molecule has 3 heterocycles. The summed E-state index contributed by atoms with van der Waals surface area (Å²) in [5, 5.41) is 20.1. The standard InChI is InChI=1S/C17H19N5O.C4H4O4/c1-2-13(14-4-5-20-15(14)3-1)12-23-17-11-19-10-16(21-17)22-8-6-18-7-9-22;5-3(6)1-2-4(7)8/h1-5,10-11,18,20H,6-9,12H2;1-2H,(H,5,6)(H,7,8)/b;2-1-. The number of hydrogen-bond acceptors (Lipinski definition) is 7. The molecule has 162 valence electrons. The summed E-state index contributed by atoms with van der Waals surface area (Å²) in [4.78, 5) is 33.4. The Hall–Kier alpha value is -3.92. The average Bonchev–Trinajstić information content (AvgIpc) is 3.27. The van der Waals surface area contributed by atoms with Crippen LogP contribution >= 0.6 is 0 Å². The first kappa shape index (κ1) is 21.8. The number of anilines is 1. The van der Waals surface area contributed by atoms with Crippen molar-refractivity contribution in [2.75, 3.05) is 31.1 Å². The van der Waals surface area contributed by atoms with Crippen molar-refractivity contribution in [3.8, 4) is 5.88 Å². The molecule has 2 aromatic heterocycles. The zero-order chi connectivity index (χ0) is 22.1. The zero-order valence-corrected chi connectivity index (χ0v) is 16.7. The second kappa shape index (κ2) is 10.7. The van der Waals surface area contributed by atoms with Crippen LogP contribution in [-0.2, 0) is 16.2 Å². The highest BCUT2D eigenvalue weighted by atomic mass is 16.5. The number of hydrogen-bond donors (Lipinski definition) is 4. The summed E-state index contributed by atoms with van der Waals surface area (Å²) < 4.78 is 5.87. The van der Waals surface area contributed by atoms with E-state index in [9.17, 15) is 9.59 Å². The van der Waals surface area contributed by atoms with E-state index in [1.807, 2.05) is 12.3 Å². The number of piperazine rings is 1. The summed E-state index contributed by atoms with van der Waals surface area (Å²) >= 11 is 0. The van der Waals surface area contributed by atoms with Gasteiger partial charge in [0.05, 0.1) is 12.4 Å². The molecule has 1 aromatic carbocycles. The van der Waals surface area contributed by atoms with Crippen molar-refractivity contribution in [2.24, 2.45) is 0 Å². The van der Waals surface area contributed by atoms with Crippen molar-refractivity contribution < 1.29 is 24.5 Å². The number of aromatic amines is 1. The van der Waals surface area contributed by atoms with Crippen LogP contribution in [0.5, 0.6) is 5.88 Å². The van der Waals surface area contributed by atoms with Gasteiger partial charge in [-0.2, -0.15) is 4.98 Å². The monoisotopic (exact) mass is 425 g/mol. The van der Waals surface area contributed by atoms with Crippen LogP contribution in [0.25, 0.3) is 10.9 Å². The van der Waals surface area contributed by atoms with Gasteiger partial charge in [0.25, 0.3) is 0 Å². The Morgan fingerprint density at radius 3 is 2.55 bits per heavy atom. The molecule has 0 atom stereocenters. The number of carbonyl (C=O) groups is 2. The van der Waals surface area contributed by atoms with Gasteiger partial charge < -0.3 is 30.2 Å². The van der Waals surface area contributed by atoms with Crippen molar-refractivity contribution in [1.82, 2.24) is 20.3 Å². The molecule has 0 spiro atoms. The van der Waals surface area contributed by atoms with Crippen LogP contribution in [-0.4, -0.2) is 63.3 Å². The minimum Gasteiger partial charge on any atom is -0.478 e. The Labute approximate surface area is 178 Å². The van der Waals surface area contributed by atoms with Crippen LogP contribution in [0.2, 0.25) is 0 Å². The van der Waals surface area contributed by atoms with Crippen molar-refractivity contribution in [1.29, 1.82) is 0 Å². The number of aliphatic carboxylic acids is 2. The van der Waals surface area contributed by atoms with E-state index in [-0.39, 0.29) is 0 Å². The summed E-state index contributed by atoms with van der Waals surface area (Å²) in [6.07, 6.45) is 6.53. The summed E-state index contributed by atoms with van der Waals surface area (Å²) in [5.74, 6) is -1.07. The van der Waals surface area contributed by atoms with E-state index >= 15 is 0 Å². The molecular formula is C21H23N5O5. The Kier molecular flexibility index (Phi) is 7.55. The van der Waals surface area contributed by atoms with Crippen LogP contribution < -0.4 is 15.0 Å². The van der Waals surface area contributed by atoms with Crippen molar-refractivity contribution >= 4 is 28.7 Å². The smallest absolute Gasteiger partial charge is 0.328 e. The van der Waals surface area contributed by atoms with Crippen LogP contribution in [0.3, 0.4) is 0 Å². The van der Waals surface area contributed by atoms with Gasteiger partial charge in [-0.25, -0.2) is 9.59 Å². The van der Waals surface area contributed by atoms with Gasteiger partial charge in [-0.1, -0.05) is 12.1 Å². The van der Waals surface area contributed by atoms with E-state index in [4.69, 9.17) is 14.9 Å². The van der Waals surface area contributed by atoms with Gasteiger partial charge in [0.1, 0.15) is 6.61 Å². The van der Waals surface area contributed by atoms with Gasteiger partial charge in [-0.3, -0.25) is 4.98 Å². The molecule has 3 aromatic rings. The minimum absolute atomic E-state index is 0.481. The fourth-order valence-electron chi connectivity index (χ4n) is 3.02. The van der Waals surface area contributed by atoms with Gasteiger partial charge in [0.2, 0.25) is 5.88 Å². The Morgan fingerprint density at radius 1 is 1.10 bits per heavy atom. The van der Waals surface area contributed by atoms with E-state index in [2.05, 4.69) is 43.4 Å². The SMILES string of the molecule is O=C(O)/C=C\C(=O)O.c1cc(COc2cncc(N3CCNCC3)n2)c2cc[nH]c2c1. The van der Waals surface area contributed by atoms with Gasteiger partial charge in [-0.15, -0.1) is 0 Å². The predicted molar refractivity (Wildman–Crippen MR) is 114 cm³/mol. The number of fused-ring (bicyclic) bond motifs is 1. The van der Waals surface area contributed by atoms with E-state index in [1.165, 1.54) is 5.39 Å². The number of H-pyrrole nitrogens is 1. The lowest BCUT2D eigenvalue weighted by molar-refractivity contribution is -0.134. The van der Waals surface area contributed by atoms with Crippen LogP contribution in [0, 0.1) is 0 Å². The van der Waals surface area contributed by atoms with Crippen LogP contribution in [0.4, 0.5) is 5.82 Å². The molecule has 1 aliphatic rings. The number of ether oxygens (including phenoxy) is 1. The highest BCUT2D eigenvalue weighted by Crippen LogP contribution is 2.20. The topological polar surface area (TPSA) is 141 Å². The van der Waals surface area contributed by atoms with E-state index in [0.717, 1.165) is 43.1 Å². The van der Waals surface area contributed by atoms with Crippen molar-refractivity contribution in [3.05, 3.63) is 60.6 Å². The lowest BCUT2D eigenvalue weighted by atomic mass is 10.1. The molecule has 10 heteroatoms. The maximum atomic E-state index is 9.55. The number of carboxylic acid groups (broad SMARTS) is 2. The molecule has 0 unspecified atom stereocenters. The molecule has 4 rings (SSSR count). The summed E-state index contributed by atoms with van der Waals surface area (Å²) in [5.41, 5.74) is 2.25. The molecule has 1 fully saturated rings. The van der Waals surface area contributed by atoms with Crippen molar-refractivity contribution in [2.45, 2.75) is 6.61 Å². The van der Waals surface area contributed by atoms with Gasteiger partial charge >= 0.3 is 11.9 Å². The maximum absolute atomic E-state index is 9.55. The second-order valence-electron chi connectivity index (χ2n) is 6.61. The third-order valence-electron chi connectivity index (χ3n) is 4.47. The van der Waals surface area contributed by atoms with E-state index < -0.39 is 11.9 Å². The fraction of sp³-hybridized carbons (Fsp3) is 0.238.